The molecule has 1 N–H and O–H groups in total. The highest BCUT2D eigenvalue weighted by atomic mass is 16.5. The minimum absolute atomic E-state index is 0.0351. The molecule has 1 heterocycles. The van der Waals surface area contributed by atoms with E-state index in [1.165, 1.54) is 4.90 Å². The number of amides is 2. The van der Waals surface area contributed by atoms with Crippen LogP contribution in [0.15, 0.2) is 42.5 Å². The predicted molar refractivity (Wildman–Crippen MR) is 93.5 cm³/mol. The molecule has 0 spiro atoms. The summed E-state index contributed by atoms with van der Waals surface area (Å²) in [5.74, 6) is 0.285. The van der Waals surface area contributed by atoms with E-state index >= 15 is 0 Å². The maximum Gasteiger partial charge on any atom is 0.244 e. The van der Waals surface area contributed by atoms with Crippen LogP contribution in [0.5, 0.6) is 5.75 Å². The van der Waals surface area contributed by atoms with Gasteiger partial charge < -0.3 is 10.1 Å². The van der Waals surface area contributed by atoms with Crippen LogP contribution in [0.2, 0.25) is 0 Å². The van der Waals surface area contributed by atoms with E-state index in [9.17, 15) is 9.59 Å². The lowest BCUT2D eigenvalue weighted by Crippen LogP contribution is -2.37. The monoisotopic (exact) mass is 324 g/mol. The summed E-state index contributed by atoms with van der Waals surface area (Å²) in [6.45, 7) is 4.20. The molecule has 0 fully saturated rings. The van der Waals surface area contributed by atoms with Crippen LogP contribution in [0.3, 0.4) is 0 Å². The maximum absolute atomic E-state index is 12.5. The molecule has 1 aliphatic heterocycles. The largest absolute Gasteiger partial charge is 0.491 e. The third-order valence-electron chi connectivity index (χ3n) is 4.00. The van der Waals surface area contributed by atoms with Gasteiger partial charge in [-0.2, -0.15) is 0 Å². The first kappa shape index (κ1) is 16.1. The molecular formula is C19H20N2O3. The average Bonchev–Trinajstić information content (AvgIpc) is 2.71. The number of aryl methyl sites for hydroxylation is 2. The van der Waals surface area contributed by atoms with Crippen LogP contribution >= 0.6 is 0 Å². The number of para-hydroxylation sites is 2. The van der Waals surface area contributed by atoms with Crippen molar-refractivity contribution in [1.29, 1.82) is 0 Å². The molecule has 0 radical (unpaired) electrons. The molecular weight excluding hydrogens is 304 g/mol. The summed E-state index contributed by atoms with van der Waals surface area (Å²) >= 11 is 0. The first-order valence-electron chi connectivity index (χ1n) is 7.94. The molecule has 124 valence electrons. The van der Waals surface area contributed by atoms with Crippen LogP contribution in [0, 0.1) is 13.8 Å². The van der Waals surface area contributed by atoms with Gasteiger partial charge in [-0.1, -0.05) is 24.3 Å². The van der Waals surface area contributed by atoms with Crippen LogP contribution in [-0.2, 0) is 9.59 Å². The SMILES string of the molecule is Cc1ccc(C)c(NC(=O)CN2C(=O)CCOc3ccccc32)c1. The number of benzene rings is 2. The minimum Gasteiger partial charge on any atom is -0.491 e. The summed E-state index contributed by atoms with van der Waals surface area (Å²) in [6.07, 6.45) is 0.255. The van der Waals surface area contributed by atoms with Gasteiger partial charge in [0.05, 0.1) is 18.7 Å². The molecule has 0 saturated heterocycles. The predicted octanol–water partition coefficient (Wildman–Crippen LogP) is 3.06. The Hall–Kier alpha value is -2.82. The molecule has 0 aromatic heterocycles. The van der Waals surface area contributed by atoms with E-state index in [4.69, 9.17) is 4.74 Å². The van der Waals surface area contributed by atoms with Gasteiger partial charge in [0, 0.05) is 5.69 Å². The van der Waals surface area contributed by atoms with E-state index in [-0.39, 0.29) is 24.8 Å². The second kappa shape index (κ2) is 6.74. The van der Waals surface area contributed by atoms with Gasteiger partial charge in [0.2, 0.25) is 11.8 Å². The van der Waals surface area contributed by atoms with Gasteiger partial charge in [0.25, 0.3) is 0 Å². The highest BCUT2D eigenvalue weighted by Gasteiger charge is 2.25. The van der Waals surface area contributed by atoms with Gasteiger partial charge in [-0.15, -0.1) is 0 Å². The first-order valence-corrected chi connectivity index (χ1v) is 7.94. The van der Waals surface area contributed by atoms with Crippen molar-refractivity contribution in [2.45, 2.75) is 20.3 Å². The first-order chi connectivity index (χ1) is 11.5. The van der Waals surface area contributed by atoms with E-state index in [0.717, 1.165) is 16.8 Å². The van der Waals surface area contributed by atoms with Gasteiger partial charge in [-0.3, -0.25) is 14.5 Å². The summed E-state index contributed by atoms with van der Waals surface area (Å²) in [4.78, 5) is 26.3. The Labute approximate surface area is 141 Å². The summed E-state index contributed by atoms with van der Waals surface area (Å²) in [7, 11) is 0. The molecule has 0 aliphatic carbocycles. The number of fused-ring (bicyclic) bond motifs is 1. The molecule has 2 aromatic carbocycles. The summed E-state index contributed by atoms with van der Waals surface area (Å²) in [6, 6.07) is 13.2. The lowest BCUT2D eigenvalue weighted by molar-refractivity contribution is -0.121. The number of nitrogens with one attached hydrogen (secondary N) is 1. The third-order valence-corrected chi connectivity index (χ3v) is 4.00. The van der Waals surface area contributed by atoms with Crippen molar-refractivity contribution in [3.8, 4) is 5.75 Å². The minimum atomic E-state index is -0.228. The number of carbonyl (C=O) groups excluding carboxylic acids is 2. The molecule has 2 aromatic rings. The molecule has 3 rings (SSSR count). The fourth-order valence-corrected chi connectivity index (χ4v) is 2.70. The third kappa shape index (κ3) is 3.40. The summed E-state index contributed by atoms with van der Waals surface area (Å²) in [5.41, 5.74) is 3.46. The fraction of sp³-hybridized carbons (Fsp3) is 0.263. The van der Waals surface area contributed by atoms with Crippen molar-refractivity contribution in [2.24, 2.45) is 0 Å². The quantitative estimate of drug-likeness (QED) is 0.944. The topological polar surface area (TPSA) is 58.6 Å². The highest BCUT2D eigenvalue weighted by Crippen LogP contribution is 2.30. The second-order valence-corrected chi connectivity index (χ2v) is 5.91. The zero-order valence-corrected chi connectivity index (χ0v) is 13.8. The van der Waals surface area contributed by atoms with Crippen molar-refractivity contribution < 1.29 is 14.3 Å². The summed E-state index contributed by atoms with van der Waals surface area (Å²) in [5, 5.41) is 2.90. The molecule has 0 atom stereocenters. The number of ether oxygens (including phenoxy) is 1. The maximum atomic E-state index is 12.5. The lowest BCUT2D eigenvalue weighted by Gasteiger charge is -2.21. The van der Waals surface area contributed by atoms with Crippen LogP contribution < -0.4 is 15.0 Å². The molecule has 0 bridgehead atoms. The standard InChI is InChI=1S/C19H20N2O3/c1-13-7-8-14(2)15(11-13)20-18(22)12-21-16-5-3-4-6-17(16)24-10-9-19(21)23/h3-8,11H,9-10,12H2,1-2H3,(H,20,22). The number of hydrogen-bond acceptors (Lipinski definition) is 3. The number of nitrogens with zero attached hydrogens (tertiary/aromatic N) is 1. The Kier molecular flexibility index (Phi) is 4.51. The summed E-state index contributed by atoms with van der Waals surface area (Å²) < 4.78 is 5.59. The van der Waals surface area contributed by atoms with Crippen molar-refractivity contribution in [3.05, 3.63) is 53.6 Å². The zero-order chi connectivity index (χ0) is 17.1. The Morgan fingerprint density at radius 1 is 1.21 bits per heavy atom. The molecule has 1 aliphatic rings. The van der Waals surface area contributed by atoms with Crippen molar-refractivity contribution in [2.75, 3.05) is 23.4 Å². The Balaban J connectivity index is 1.80. The fourth-order valence-electron chi connectivity index (χ4n) is 2.70. The number of rotatable bonds is 3. The van der Waals surface area contributed by atoms with Crippen LogP contribution in [0.4, 0.5) is 11.4 Å². The number of carbonyl (C=O) groups is 2. The molecule has 5 heteroatoms. The second-order valence-electron chi connectivity index (χ2n) is 5.91. The van der Waals surface area contributed by atoms with Gasteiger partial charge in [-0.25, -0.2) is 0 Å². The average molecular weight is 324 g/mol. The molecule has 0 saturated carbocycles. The molecule has 0 unspecified atom stereocenters. The normalized spacial score (nSPS) is 13.8. The van der Waals surface area contributed by atoms with Crippen molar-refractivity contribution in [1.82, 2.24) is 0 Å². The smallest absolute Gasteiger partial charge is 0.244 e. The lowest BCUT2D eigenvalue weighted by atomic mass is 10.1. The Morgan fingerprint density at radius 3 is 2.83 bits per heavy atom. The number of hydrogen-bond donors (Lipinski definition) is 1. The van der Waals surface area contributed by atoms with Gasteiger partial charge in [0.15, 0.2) is 0 Å². The molecule has 2 amide bonds. The highest BCUT2D eigenvalue weighted by molar-refractivity contribution is 6.04. The Morgan fingerprint density at radius 2 is 2.00 bits per heavy atom. The van der Waals surface area contributed by atoms with E-state index in [0.29, 0.717) is 18.0 Å². The molecule has 24 heavy (non-hydrogen) atoms. The van der Waals surface area contributed by atoms with Gasteiger partial charge >= 0.3 is 0 Å². The van der Waals surface area contributed by atoms with E-state index in [1.807, 2.05) is 50.2 Å². The van der Waals surface area contributed by atoms with E-state index in [2.05, 4.69) is 5.32 Å². The van der Waals surface area contributed by atoms with E-state index in [1.54, 1.807) is 6.07 Å². The van der Waals surface area contributed by atoms with Gasteiger partial charge in [-0.05, 0) is 43.2 Å². The van der Waals surface area contributed by atoms with Crippen molar-refractivity contribution >= 4 is 23.2 Å². The van der Waals surface area contributed by atoms with Crippen LogP contribution in [0.25, 0.3) is 0 Å². The molecule has 5 nitrogen and oxygen atoms in total. The Bertz CT molecular complexity index is 786. The zero-order valence-electron chi connectivity index (χ0n) is 13.8. The number of anilines is 2. The van der Waals surface area contributed by atoms with Crippen molar-refractivity contribution in [3.63, 3.8) is 0 Å². The van der Waals surface area contributed by atoms with Gasteiger partial charge in [0.1, 0.15) is 12.3 Å². The van der Waals surface area contributed by atoms with Crippen LogP contribution in [0.1, 0.15) is 17.5 Å². The van der Waals surface area contributed by atoms with Crippen LogP contribution in [-0.4, -0.2) is 25.0 Å². The van der Waals surface area contributed by atoms with E-state index < -0.39 is 0 Å².